The van der Waals surface area contributed by atoms with Gasteiger partial charge in [-0.3, -0.25) is 4.90 Å². The van der Waals surface area contributed by atoms with Crippen molar-refractivity contribution in [2.75, 3.05) is 38.1 Å². The van der Waals surface area contributed by atoms with Gasteiger partial charge in [-0.2, -0.15) is 0 Å². The molecule has 0 spiro atoms. The molecule has 0 unspecified atom stereocenters. The highest BCUT2D eigenvalue weighted by Gasteiger charge is 2.22. The van der Waals surface area contributed by atoms with Gasteiger partial charge in [0.05, 0.1) is 13.2 Å². The van der Waals surface area contributed by atoms with Crippen LogP contribution in [0.5, 0.6) is 5.75 Å². The molecule has 1 fully saturated rings. The lowest BCUT2D eigenvalue weighted by atomic mass is 10.2. The van der Waals surface area contributed by atoms with Crippen molar-refractivity contribution in [3.63, 3.8) is 0 Å². The van der Waals surface area contributed by atoms with Crippen LogP contribution >= 0.6 is 0 Å². The first-order chi connectivity index (χ1) is 14.1. The van der Waals surface area contributed by atoms with Crippen molar-refractivity contribution in [1.29, 1.82) is 0 Å². The smallest absolute Gasteiger partial charge is 0.321 e. The lowest BCUT2D eigenvalue weighted by molar-refractivity contribution is 0.136. The summed E-state index contributed by atoms with van der Waals surface area (Å²) >= 11 is 0. The maximum absolute atomic E-state index is 12.5. The molecule has 29 heavy (non-hydrogen) atoms. The van der Waals surface area contributed by atoms with E-state index in [9.17, 15) is 4.79 Å². The monoisotopic (exact) mass is 394 g/mol. The van der Waals surface area contributed by atoms with Gasteiger partial charge in [0.1, 0.15) is 11.3 Å². The maximum Gasteiger partial charge on any atom is 0.321 e. The van der Waals surface area contributed by atoms with E-state index < -0.39 is 0 Å². The molecule has 0 radical (unpaired) electrons. The molecule has 0 bridgehead atoms. The summed E-state index contributed by atoms with van der Waals surface area (Å²) < 4.78 is 11.3. The first kappa shape index (κ1) is 19.3. The minimum absolute atomic E-state index is 0.0776. The van der Waals surface area contributed by atoms with Crippen molar-refractivity contribution < 1.29 is 13.9 Å². The summed E-state index contributed by atoms with van der Waals surface area (Å²) in [6.45, 7) is 8.18. The van der Waals surface area contributed by atoms with Crippen LogP contribution in [-0.2, 0) is 6.54 Å². The number of nitrogens with zero attached hydrogens (tertiary/aromatic N) is 3. The van der Waals surface area contributed by atoms with Gasteiger partial charge in [-0.05, 0) is 55.8 Å². The summed E-state index contributed by atoms with van der Waals surface area (Å²) in [5.41, 5.74) is 3.65. The third kappa shape index (κ3) is 4.68. The van der Waals surface area contributed by atoms with Crippen molar-refractivity contribution in [2.24, 2.45) is 0 Å². The fourth-order valence-corrected chi connectivity index (χ4v) is 3.46. The van der Waals surface area contributed by atoms with Gasteiger partial charge >= 0.3 is 6.03 Å². The normalized spacial score (nSPS) is 14.9. The number of anilines is 1. The minimum atomic E-state index is -0.0776. The second-order valence-corrected chi connectivity index (χ2v) is 7.23. The number of ether oxygens (including phenoxy) is 1. The Morgan fingerprint density at radius 2 is 1.90 bits per heavy atom. The first-order valence-electron chi connectivity index (χ1n) is 9.98. The number of benzene rings is 2. The number of hydrogen-bond donors (Lipinski definition) is 1. The van der Waals surface area contributed by atoms with Gasteiger partial charge in [-0.1, -0.05) is 6.07 Å². The number of fused-ring (bicyclic) bond motifs is 1. The molecule has 2 aromatic carbocycles. The van der Waals surface area contributed by atoms with E-state index in [0.29, 0.717) is 26.2 Å². The van der Waals surface area contributed by atoms with E-state index in [-0.39, 0.29) is 6.03 Å². The van der Waals surface area contributed by atoms with Gasteiger partial charge in [-0.15, -0.1) is 0 Å². The van der Waals surface area contributed by atoms with Crippen molar-refractivity contribution in [3.05, 3.63) is 53.9 Å². The average Bonchev–Trinajstić information content (AvgIpc) is 3.11. The van der Waals surface area contributed by atoms with Crippen molar-refractivity contribution >= 4 is 22.8 Å². The second-order valence-electron chi connectivity index (χ2n) is 7.23. The summed E-state index contributed by atoms with van der Waals surface area (Å²) in [5, 5.41) is 2.95. The van der Waals surface area contributed by atoms with Gasteiger partial charge in [0.15, 0.2) is 5.58 Å². The number of carbonyl (C=O) groups is 1. The Kier molecular flexibility index (Phi) is 5.67. The largest absolute Gasteiger partial charge is 0.494 e. The number of nitrogens with one attached hydrogen (secondary N) is 1. The summed E-state index contributed by atoms with van der Waals surface area (Å²) in [7, 11) is 0. The minimum Gasteiger partial charge on any atom is -0.494 e. The highest BCUT2D eigenvalue weighted by Crippen LogP contribution is 2.19. The average molecular weight is 394 g/mol. The number of piperazine rings is 1. The number of amides is 2. The van der Waals surface area contributed by atoms with Crippen LogP contribution in [0.4, 0.5) is 10.5 Å². The van der Waals surface area contributed by atoms with E-state index >= 15 is 0 Å². The van der Waals surface area contributed by atoms with Crippen LogP contribution < -0.4 is 10.1 Å². The second kappa shape index (κ2) is 8.53. The van der Waals surface area contributed by atoms with Gasteiger partial charge in [0.25, 0.3) is 0 Å². The molecule has 1 aliphatic heterocycles. The Morgan fingerprint density at radius 3 is 2.62 bits per heavy atom. The van der Waals surface area contributed by atoms with E-state index in [4.69, 9.17) is 9.15 Å². The van der Waals surface area contributed by atoms with Crippen LogP contribution in [0.15, 0.2) is 46.9 Å². The number of oxazole rings is 1. The van der Waals surface area contributed by atoms with Gasteiger partial charge in [-0.25, -0.2) is 9.78 Å². The third-order valence-corrected chi connectivity index (χ3v) is 5.02. The van der Waals surface area contributed by atoms with E-state index in [2.05, 4.69) is 15.2 Å². The molecule has 7 nitrogen and oxygen atoms in total. The molecule has 1 aromatic heterocycles. The predicted molar refractivity (Wildman–Crippen MR) is 112 cm³/mol. The van der Waals surface area contributed by atoms with Crippen LogP contribution in [-0.4, -0.2) is 53.6 Å². The molecule has 1 aliphatic rings. The lowest BCUT2D eigenvalue weighted by Gasteiger charge is -2.34. The van der Waals surface area contributed by atoms with Gasteiger partial charge in [0.2, 0.25) is 5.89 Å². The Bertz CT molecular complexity index is 975. The van der Waals surface area contributed by atoms with E-state index in [0.717, 1.165) is 41.5 Å². The van der Waals surface area contributed by atoms with E-state index in [1.165, 1.54) is 5.56 Å². The number of hydrogen-bond acceptors (Lipinski definition) is 5. The molecule has 0 saturated carbocycles. The molecular weight excluding hydrogens is 368 g/mol. The molecule has 0 atom stereocenters. The fraction of sp³-hybridized carbons (Fsp3) is 0.364. The number of aryl methyl sites for hydroxylation is 1. The number of carbonyl (C=O) groups excluding carboxylic acids is 1. The van der Waals surface area contributed by atoms with Crippen molar-refractivity contribution in [3.8, 4) is 5.75 Å². The van der Waals surface area contributed by atoms with Crippen LogP contribution in [0.1, 0.15) is 18.4 Å². The van der Waals surface area contributed by atoms with Crippen LogP contribution in [0.25, 0.3) is 11.1 Å². The molecule has 4 rings (SSSR count). The molecule has 152 valence electrons. The first-order valence-corrected chi connectivity index (χ1v) is 9.98. The fourth-order valence-electron chi connectivity index (χ4n) is 3.46. The Balaban J connectivity index is 1.28. The zero-order valence-corrected chi connectivity index (χ0v) is 16.9. The highest BCUT2D eigenvalue weighted by atomic mass is 16.5. The molecule has 0 aliphatic carbocycles. The topological polar surface area (TPSA) is 70.8 Å². The van der Waals surface area contributed by atoms with E-state index in [1.54, 1.807) is 0 Å². The Hall–Kier alpha value is -3.06. The third-order valence-electron chi connectivity index (χ3n) is 5.02. The zero-order valence-electron chi connectivity index (χ0n) is 16.9. The van der Waals surface area contributed by atoms with Crippen LogP contribution in [0.3, 0.4) is 0 Å². The quantitative estimate of drug-likeness (QED) is 0.711. The molecule has 2 amide bonds. The molecular formula is C22H26N4O3. The SMILES string of the molecule is CCOc1ccc(NC(=O)N2CCN(Cc3nc4cc(C)ccc4o3)CC2)cc1. The molecule has 1 saturated heterocycles. The number of rotatable bonds is 5. The number of urea groups is 1. The van der Waals surface area contributed by atoms with Crippen molar-refractivity contribution in [2.45, 2.75) is 20.4 Å². The summed E-state index contributed by atoms with van der Waals surface area (Å²) in [4.78, 5) is 21.2. The van der Waals surface area contributed by atoms with Crippen LogP contribution in [0.2, 0.25) is 0 Å². The Labute approximate surface area is 170 Å². The summed E-state index contributed by atoms with van der Waals surface area (Å²) in [6.07, 6.45) is 0. The zero-order chi connectivity index (χ0) is 20.2. The highest BCUT2D eigenvalue weighted by molar-refractivity contribution is 5.89. The summed E-state index contributed by atoms with van der Waals surface area (Å²) in [5.74, 6) is 1.52. The van der Waals surface area contributed by atoms with Crippen molar-refractivity contribution in [1.82, 2.24) is 14.8 Å². The number of aromatic nitrogens is 1. The molecule has 7 heteroatoms. The molecule has 2 heterocycles. The molecule has 3 aromatic rings. The van der Waals surface area contributed by atoms with Crippen LogP contribution in [0, 0.1) is 6.92 Å². The summed E-state index contributed by atoms with van der Waals surface area (Å²) in [6, 6.07) is 13.4. The van der Waals surface area contributed by atoms with E-state index in [1.807, 2.05) is 61.2 Å². The maximum atomic E-state index is 12.5. The molecule has 1 N–H and O–H groups in total. The van der Waals surface area contributed by atoms with Gasteiger partial charge < -0.3 is 19.4 Å². The predicted octanol–water partition coefficient (Wildman–Crippen LogP) is 3.88. The van der Waals surface area contributed by atoms with Gasteiger partial charge in [0, 0.05) is 31.9 Å². The Morgan fingerprint density at radius 1 is 1.14 bits per heavy atom. The standard InChI is InChI=1S/C22H26N4O3/c1-3-28-18-7-5-17(6-8-18)23-22(27)26-12-10-25(11-13-26)15-21-24-19-14-16(2)4-9-20(19)29-21/h4-9,14H,3,10-13,15H2,1-2H3,(H,23,27). The lowest BCUT2D eigenvalue weighted by Crippen LogP contribution is -2.49.